The fourth-order valence-electron chi connectivity index (χ4n) is 1.75. The first kappa shape index (κ1) is 15.5. The molecule has 5 nitrogen and oxygen atoms in total. The summed E-state index contributed by atoms with van der Waals surface area (Å²) in [7, 11) is 1.61. The van der Waals surface area contributed by atoms with Crippen molar-refractivity contribution in [3.63, 3.8) is 0 Å². The molecule has 1 aliphatic rings. The Labute approximate surface area is 128 Å². The number of hydrogen-bond acceptors (Lipinski definition) is 4. The number of nitrogens with one attached hydrogen (secondary N) is 1. The number of nitrogens with zero attached hydrogens (tertiary/aromatic N) is 1. The van der Waals surface area contributed by atoms with E-state index in [2.05, 4.69) is 17.2 Å². The van der Waals surface area contributed by atoms with E-state index in [4.69, 9.17) is 5.11 Å². The monoisotopic (exact) mass is 306 g/mol. The van der Waals surface area contributed by atoms with Crippen LogP contribution in [-0.4, -0.2) is 48.1 Å². The molecule has 1 heterocycles. The molecular formula is C15H18N2O3S. The van der Waals surface area contributed by atoms with E-state index in [-0.39, 0.29) is 25.0 Å². The molecule has 0 atom stereocenters. The zero-order valence-corrected chi connectivity index (χ0v) is 12.7. The van der Waals surface area contributed by atoms with Gasteiger partial charge in [0.25, 0.3) is 5.91 Å². The molecular weight excluding hydrogens is 288 g/mol. The van der Waals surface area contributed by atoms with Crippen molar-refractivity contribution >= 4 is 23.2 Å². The van der Waals surface area contributed by atoms with E-state index < -0.39 is 0 Å². The Kier molecular flexibility index (Phi) is 5.37. The highest BCUT2D eigenvalue weighted by atomic mass is 32.1. The van der Waals surface area contributed by atoms with Gasteiger partial charge >= 0.3 is 0 Å². The molecule has 21 heavy (non-hydrogen) atoms. The van der Waals surface area contributed by atoms with Crippen molar-refractivity contribution < 1.29 is 14.7 Å². The average molecular weight is 306 g/mol. The number of carbonyl (C=O) groups excluding carboxylic acids is 2. The van der Waals surface area contributed by atoms with Crippen LogP contribution < -0.4 is 5.32 Å². The molecule has 6 heteroatoms. The Bertz CT molecular complexity index is 581. The second kappa shape index (κ2) is 7.25. The first-order chi connectivity index (χ1) is 10.1. The highest BCUT2D eigenvalue weighted by Crippen LogP contribution is 2.19. The minimum atomic E-state index is -0.204. The number of thiophene rings is 1. The van der Waals surface area contributed by atoms with Gasteiger partial charge in [-0.1, -0.05) is 11.8 Å². The van der Waals surface area contributed by atoms with Crippen molar-refractivity contribution in [3.8, 4) is 11.8 Å². The number of likely N-dealkylation sites (N-methyl/N-ethyl adjacent to an activating group) is 1. The minimum absolute atomic E-state index is 0.00164. The number of carbonyl (C=O) groups is 2. The minimum Gasteiger partial charge on any atom is -0.395 e. The summed E-state index contributed by atoms with van der Waals surface area (Å²) in [6.45, 7) is 0.0540. The van der Waals surface area contributed by atoms with Crippen LogP contribution in [0.5, 0.6) is 0 Å². The summed E-state index contributed by atoms with van der Waals surface area (Å²) in [6.07, 6.45) is 2.43. The van der Waals surface area contributed by atoms with Gasteiger partial charge in [-0.25, -0.2) is 0 Å². The maximum Gasteiger partial charge on any atom is 0.265 e. The molecule has 0 saturated heterocycles. The quantitative estimate of drug-likeness (QED) is 0.792. The van der Waals surface area contributed by atoms with E-state index in [9.17, 15) is 9.59 Å². The standard InChI is InChI=1S/C15H18N2O3S/c1-17(10-13(19)16-12-5-6-12)15(20)14-11(7-9-21-14)4-2-3-8-18/h7,9,12,18H,3,5-6,8,10H2,1H3,(H,16,19). The number of rotatable bonds is 5. The predicted molar refractivity (Wildman–Crippen MR) is 81.0 cm³/mol. The Morgan fingerprint density at radius 1 is 1.52 bits per heavy atom. The van der Waals surface area contributed by atoms with Gasteiger partial charge < -0.3 is 15.3 Å². The Balaban J connectivity index is 1.97. The van der Waals surface area contributed by atoms with Crippen LogP contribution in [0.25, 0.3) is 0 Å². The number of aliphatic hydroxyl groups excluding tert-OH is 1. The highest BCUT2D eigenvalue weighted by molar-refractivity contribution is 7.12. The molecule has 1 aromatic heterocycles. The van der Waals surface area contributed by atoms with Gasteiger partial charge in [0.05, 0.1) is 13.2 Å². The van der Waals surface area contributed by atoms with Crippen molar-refractivity contribution in [3.05, 3.63) is 21.9 Å². The van der Waals surface area contributed by atoms with E-state index >= 15 is 0 Å². The second-order valence-corrected chi connectivity index (χ2v) is 5.86. The summed E-state index contributed by atoms with van der Waals surface area (Å²) < 4.78 is 0. The average Bonchev–Trinajstić information content (AvgIpc) is 3.13. The lowest BCUT2D eigenvalue weighted by atomic mass is 10.2. The van der Waals surface area contributed by atoms with Gasteiger partial charge in [-0.3, -0.25) is 9.59 Å². The Morgan fingerprint density at radius 2 is 2.29 bits per heavy atom. The Morgan fingerprint density at radius 3 is 2.95 bits per heavy atom. The van der Waals surface area contributed by atoms with E-state index in [0.29, 0.717) is 22.9 Å². The zero-order valence-electron chi connectivity index (χ0n) is 11.9. The van der Waals surface area contributed by atoms with Crippen LogP contribution in [0.3, 0.4) is 0 Å². The molecule has 2 N–H and O–H groups in total. The number of aliphatic hydroxyl groups is 1. The molecule has 0 aliphatic heterocycles. The Hall–Kier alpha value is -1.84. The van der Waals surface area contributed by atoms with Crippen LogP contribution in [0, 0.1) is 11.8 Å². The van der Waals surface area contributed by atoms with Crippen molar-refractivity contribution in [2.75, 3.05) is 20.2 Å². The van der Waals surface area contributed by atoms with Crippen LogP contribution in [-0.2, 0) is 4.79 Å². The van der Waals surface area contributed by atoms with E-state index in [1.54, 1.807) is 18.5 Å². The highest BCUT2D eigenvalue weighted by Gasteiger charge is 2.25. The molecule has 0 spiro atoms. The topological polar surface area (TPSA) is 69.6 Å². The third-order valence-electron chi connectivity index (χ3n) is 2.99. The van der Waals surface area contributed by atoms with Gasteiger partial charge in [-0.05, 0) is 24.3 Å². The molecule has 2 amide bonds. The van der Waals surface area contributed by atoms with Crippen LogP contribution in [0.2, 0.25) is 0 Å². The van der Waals surface area contributed by atoms with Crippen molar-refractivity contribution in [2.24, 2.45) is 0 Å². The van der Waals surface area contributed by atoms with Crippen molar-refractivity contribution in [1.29, 1.82) is 0 Å². The normalized spacial score (nSPS) is 13.2. The molecule has 1 saturated carbocycles. The largest absolute Gasteiger partial charge is 0.395 e. The molecule has 112 valence electrons. The summed E-state index contributed by atoms with van der Waals surface area (Å²) in [5.41, 5.74) is 0.646. The van der Waals surface area contributed by atoms with Crippen molar-refractivity contribution in [1.82, 2.24) is 10.2 Å². The van der Waals surface area contributed by atoms with Gasteiger partial charge in [0.15, 0.2) is 0 Å². The fourth-order valence-corrected chi connectivity index (χ4v) is 2.59. The summed E-state index contributed by atoms with van der Waals surface area (Å²) in [5.74, 6) is 5.35. The van der Waals surface area contributed by atoms with E-state index in [1.807, 2.05) is 0 Å². The summed E-state index contributed by atoms with van der Waals surface area (Å²) in [6, 6.07) is 2.07. The van der Waals surface area contributed by atoms with Crippen LogP contribution in [0.15, 0.2) is 11.4 Å². The molecule has 0 unspecified atom stereocenters. The summed E-state index contributed by atoms with van der Waals surface area (Å²) >= 11 is 1.31. The summed E-state index contributed by atoms with van der Waals surface area (Å²) in [4.78, 5) is 26.0. The molecule has 1 fully saturated rings. The van der Waals surface area contributed by atoms with Crippen LogP contribution >= 0.6 is 11.3 Å². The number of amides is 2. The lowest BCUT2D eigenvalue weighted by Crippen LogP contribution is -2.39. The molecule has 1 aromatic rings. The van der Waals surface area contributed by atoms with Crippen LogP contribution in [0.1, 0.15) is 34.5 Å². The maximum absolute atomic E-state index is 12.3. The number of hydrogen-bond donors (Lipinski definition) is 2. The second-order valence-electron chi connectivity index (χ2n) is 4.94. The third-order valence-corrected chi connectivity index (χ3v) is 3.89. The smallest absolute Gasteiger partial charge is 0.265 e. The lowest BCUT2D eigenvalue weighted by molar-refractivity contribution is -0.121. The molecule has 1 aliphatic carbocycles. The molecule has 2 rings (SSSR count). The first-order valence-electron chi connectivity index (χ1n) is 6.84. The lowest BCUT2D eigenvalue weighted by Gasteiger charge is -2.16. The molecule has 0 bridgehead atoms. The van der Waals surface area contributed by atoms with Gasteiger partial charge in [-0.2, -0.15) is 0 Å². The van der Waals surface area contributed by atoms with Gasteiger partial charge in [0.1, 0.15) is 4.88 Å². The zero-order chi connectivity index (χ0) is 15.2. The van der Waals surface area contributed by atoms with E-state index in [0.717, 1.165) is 12.8 Å². The molecule has 0 radical (unpaired) electrons. The maximum atomic E-state index is 12.3. The van der Waals surface area contributed by atoms with Gasteiger partial charge in [0, 0.05) is 25.1 Å². The van der Waals surface area contributed by atoms with Gasteiger partial charge in [0.2, 0.25) is 5.91 Å². The third kappa shape index (κ3) is 4.59. The van der Waals surface area contributed by atoms with Crippen LogP contribution in [0.4, 0.5) is 0 Å². The predicted octanol–water partition coefficient (Wildman–Crippen LogP) is 0.833. The van der Waals surface area contributed by atoms with Crippen molar-refractivity contribution in [2.45, 2.75) is 25.3 Å². The SMILES string of the molecule is CN(CC(=O)NC1CC1)C(=O)c1sccc1C#CCCO. The fraction of sp³-hybridized carbons (Fsp3) is 0.467. The first-order valence-corrected chi connectivity index (χ1v) is 7.72. The van der Waals surface area contributed by atoms with Gasteiger partial charge in [-0.15, -0.1) is 11.3 Å². The van der Waals surface area contributed by atoms with E-state index in [1.165, 1.54) is 16.2 Å². The molecule has 0 aromatic carbocycles. The summed E-state index contributed by atoms with van der Waals surface area (Å²) in [5, 5.41) is 13.4.